The molecule has 0 spiro atoms. The van der Waals surface area contributed by atoms with Crippen LogP contribution in [0.2, 0.25) is 0 Å². The fraction of sp³-hybridized carbons (Fsp3) is 0.781. The number of hydrogen-bond donors (Lipinski definition) is 1. The molecule has 0 saturated heterocycles. The van der Waals surface area contributed by atoms with Crippen LogP contribution in [0, 0.1) is 0 Å². The zero-order valence-corrected chi connectivity index (χ0v) is 27.3. The quantitative estimate of drug-likeness (QED) is 0.0656. The normalized spacial score (nSPS) is 11.2. The maximum Gasteiger partial charge on any atom is 0.305 e. The Morgan fingerprint density at radius 2 is 0.822 bits per heavy atom. The van der Waals surface area contributed by atoms with E-state index in [4.69, 9.17) is 57.8 Å². The van der Waals surface area contributed by atoms with Crippen LogP contribution in [-0.4, -0.2) is 138 Å². The van der Waals surface area contributed by atoms with Crippen LogP contribution in [0.25, 0.3) is 0 Å². The van der Waals surface area contributed by atoms with Crippen molar-refractivity contribution < 1.29 is 56.9 Å². The SMILES string of the molecule is CCCCCC(=O)OCCOCCOCCOCCOCCOCCOCCOCCOCCOCCOc1ccc(N)cc1. The molecule has 0 aliphatic heterocycles. The van der Waals surface area contributed by atoms with Gasteiger partial charge in [0.2, 0.25) is 0 Å². The Bertz CT molecular complexity index is 756. The largest absolute Gasteiger partial charge is 0.491 e. The van der Waals surface area contributed by atoms with E-state index in [0.29, 0.717) is 138 Å². The summed E-state index contributed by atoms with van der Waals surface area (Å²) in [6, 6.07) is 7.26. The highest BCUT2D eigenvalue weighted by atomic mass is 16.6. The van der Waals surface area contributed by atoms with Gasteiger partial charge in [-0.15, -0.1) is 0 Å². The number of nitrogen functional groups attached to an aromatic ring is 1. The van der Waals surface area contributed by atoms with Gasteiger partial charge in [0.1, 0.15) is 19.0 Å². The number of nitrogens with two attached hydrogens (primary N) is 1. The molecule has 2 N–H and O–H groups in total. The molecule has 262 valence electrons. The molecule has 0 fully saturated rings. The molecule has 0 amide bonds. The molecule has 0 saturated carbocycles. The van der Waals surface area contributed by atoms with Gasteiger partial charge in [-0.25, -0.2) is 0 Å². The van der Waals surface area contributed by atoms with Crippen molar-refractivity contribution >= 4 is 11.7 Å². The Morgan fingerprint density at radius 3 is 1.18 bits per heavy atom. The number of unbranched alkanes of at least 4 members (excludes halogenated alkanes) is 2. The van der Waals surface area contributed by atoms with Gasteiger partial charge in [0.15, 0.2) is 0 Å². The van der Waals surface area contributed by atoms with Gasteiger partial charge in [-0.1, -0.05) is 19.8 Å². The number of ether oxygens (including phenoxy) is 11. The molecule has 0 heterocycles. The third kappa shape index (κ3) is 30.4. The summed E-state index contributed by atoms with van der Waals surface area (Å²) < 4.78 is 59.7. The Labute approximate surface area is 269 Å². The fourth-order valence-electron chi connectivity index (χ4n) is 3.45. The lowest BCUT2D eigenvalue weighted by Crippen LogP contribution is -2.15. The lowest BCUT2D eigenvalue weighted by molar-refractivity contribution is -0.145. The number of carbonyl (C=O) groups is 1. The second kappa shape index (κ2) is 33.3. The van der Waals surface area contributed by atoms with E-state index in [2.05, 4.69) is 6.92 Å². The van der Waals surface area contributed by atoms with Crippen LogP contribution in [0.15, 0.2) is 24.3 Å². The van der Waals surface area contributed by atoms with Gasteiger partial charge >= 0.3 is 5.97 Å². The van der Waals surface area contributed by atoms with Crippen molar-refractivity contribution in [1.82, 2.24) is 0 Å². The van der Waals surface area contributed by atoms with E-state index in [1.807, 2.05) is 12.1 Å². The van der Waals surface area contributed by atoms with Crippen LogP contribution in [-0.2, 0) is 52.2 Å². The number of carbonyl (C=O) groups excluding carboxylic acids is 1. The van der Waals surface area contributed by atoms with E-state index >= 15 is 0 Å². The molecule has 0 unspecified atom stereocenters. The van der Waals surface area contributed by atoms with E-state index in [1.165, 1.54) is 0 Å². The number of hydrogen-bond acceptors (Lipinski definition) is 13. The van der Waals surface area contributed by atoms with Crippen molar-refractivity contribution in [2.75, 3.05) is 138 Å². The van der Waals surface area contributed by atoms with E-state index in [9.17, 15) is 4.79 Å². The summed E-state index contributed by atoms with van der Waals surface area (Å²) in [5, 5.41) is 0. The molecule has 0 aromatic heterocycles. The molecule has 1 aromatic rings. The first kappa shape index (κ1) is 41.0. The standard InChI is InChI=1S/C32H57NO12/c1-2-3-4-5-32(34)45-29-27-43-25-23-41-21-19-39-17-15-37-13-11-35-10-12-36-14-16-38-18-20-40-22-24-42-26-28-44-31-8-6-30(33)7-9-31/h6-9H,2-5,10-29,33H2,1H3. The molecule has 0 atom stereocenters. The average molecular weight is 648 g/mol. The van der Waals surface area contributed by atoms with Crippen LogP contribution in [0.3, 0.4) is 0 Å². The molecule has 45 heavy (non-hydrogen) atoms. The minimum absolute atomic E-state index is 0.160. The summed E-state index contributed by atoms with van der Waals surface area (Å²) in [4.78, 5) is 11.5. The number of esters is 1. The van der Waals surface area contributed by atoms with Gasteiger partial charge in [0.05, 0.1) is 119 Å². The zero-order chi connectivity index (χ0) is 32.3. The van der Waals surface area contributed by atoms with Gasteiger partial charge in [-0.05, 0) is 30.7 Å². The summed E-state index contributed by atoms with van der Waals surface area (Å²) in [6.45, 7) is 11.6. The molecular weight excluding hydrogens is 590 g/mol. The van der Waals surface area contributed by atoms with E-state index in [0.717, 1.165) is 25.0 Å². The second-order valence-corrected chi connectivity index (χ2v) is 9.61. The second-order valence-electron chi connectivity index (χ2n) is 9.61. The van der Waals surface area contributed by atoms with Crippen molar-refractivity contribution in [3.8, 4) is 5.75 Å². The topological polar surface area (TPSA) is 145 Å². The van der Waals surface area contributed by atoms with Crippen molar-refractivity contribution in [2.24, 2.45) is 0 Å². The van der Waals surface area contributed by atoms with Gasteiger partial charge in [-0.2, -0.15) is 0 Å². The number of benzene rings is 1. The fourth-order valence-corrected chi connectivity index (χ4v) is 3.45. The molecule has 0 bridgehead atoms. The lowest BCUT2D eigenvalue weighted by Gasteiger charge is -2.09. The number of anilines is 1. The van der Waals surface area contributed by atoms with Crippen molar-refractivity contribution in [1.29, 1.82) is 0 Å². The van der Waals surface area contributed by atoms with Crippen LogP contribution in [0.5, 0.6) is 5.75 Å². The summed E-state index contributed by atoms with van der Waals surface area (Å²) >= 11 is 0. The lowest BCUT2D eigenvalue weighted by atomic mass is 10.2. The molecule has 0 radical (unpaired) electrons. The molecule has 13 heteroatoms. The van der Waals surface area contributed by atoms with Crippen LogP contribution >= 0.6 is 0 Å². The summed E-state index contributed by atoms with van der Waals surface area (Å²) in [6.07, 6.45) is 3.49. The first-order valence-electron chi connectivity index (χ1n) is 16.1. The van der Waals surface area contributed by atoms with Crippen LogP contribution in [0.1, 0.15) is 32.6 Å². The Kier molecular flexibility index (Phi) is 30.3. The summed E-state index contributed by atoms with van der Waals surface area (Å²) in [5.74, 6) is 0.610. The number of rotatable bonds is 35. The highest BCUT2D eigenvalue weighted by Crippen LogP contribution is 2.12. The molecule has 0 aliphatic rings. The summed E-state index contributed by atoms with van der Waals surface area (Å²) in [7, 11) is 0. The third-order valence-electron chi connectivity index (χ3n) is 5.83. The molecule has 1 aromatic carbocycles. The maximum atomic E-state index is 11.5. The van der Waals surface area contributed by atoms with Crippen molar-refractivity contribution in [3.05, 3.63) is 24.3 Å². The molecule has 13 nitrogen and oxygen atoms in total. The van der Waals surface area contributed by atoms with Gasteiger partial charge in [0.25, 0.3) is 0 Å². The van der Waals surface area contributed by atoms with E-state index < -0.39 is 0 Å². The van der Waals surface area contributed by atoms with Crippen molar-refractivity contribution in [2.45, 2.75) is 32.6 Å². The van der Waals surface area contributed by atoms with E-state index in [1.54, 1.807) is 12.1 Å². The highest BCUT2D eigenvalue weighted by Gasteiger charge is 2.02. The average Bonchev–Trinajstić information content (AvgIpc) is 3.04. The Balaban J connectivity index is 1.64. The van der Waals surface area contributed by atoms with E-state index in [-0.39, 0.29) is 12.6 Å². The van der Waals surface area contributed by atoms with Gasteiger partial charge < -0.3 is 57.8 Å². The molecule has 1 rings (SSSR count). The van der Waals surface area contributed by atoms with Gasteiger partial charge in [-0.3, -0.25) is 4.79 Å². The van der Waals surface area contributed by atoms with Gasteiger partial charge in [0, 0.05) is 12.1 Å². The predicted molar refractivity (Wildman–Crippen MR) is 169 cm³/mol. The smallest absolute Gasteiger partial charge is 0.305 e. The third-order valence-corrected chi connectivity index (χ3v) is 5.83. The van der Waals surface area contributed by atoms with Crippen LogP contribution < -0.4 is 10.5 Å². The first-order valence-corrected chi connectivity index (χ1v) is 16.1. The molecule has 0 aliphatic carbocycles. The monoisotopic (exact) mass is 647 g/mol. The van der Waals surface area contributed by atoms with Crippen molar-refractivity contribution in [3.63, 3.8) is 0 Å². The highest BCUT2D eigenvalue weighted by molar-refractivity contribution is 5.69. The minimum atomic E-state index is -0.160. The minimum Gasteiger partial charge on any atom is -0.491 e. The first-order chi connectivity index (χ1) is 22.2. The van der Waals surface area contributed by atoms with Crippen LogP contribution in [0.4, 0.5) is 5.69 Å². The Hall–Kier alpha value is -2.07. The molecular formula is C32H57NO12. The predicted octanol–water partition coefficient (Wildman–Crippen LogP) is 2.92. The summed E-state index contributed by atoms with van der Waals surface area (Å²) in [5.41, 5.74) is 6.35. The maximum absolute atomic E-state index is 11.5. The zero-order valence-electron chi connectivity index (χ0n) is 27.3. The Morgan fingerprint density at radius 1 is 0.489 bits per heavy atom.